The molecule has 0 aromatic heterocycles. The van der Waals surface area contributed by atoms with Gasteiger partial charge in [-0.05, 0) is 68.2 Å². The summed E-state index contributed by atoms with van der Waals surface area (Å²) >= 11 is 0. The van der Waals surface area contributed by atoms with Gasteiger partial charge in [0.1, 0.15) is 17.7 Å². The van der Waals surface area contributed by atoms with Gasteiger partial charge in [-0.2, -0.15) is 0 Å². The first-order valence-corrected chi connectivity index (χ1v) is 16.0. The van der Waals surface area contributed by atoms with Crippen LogP contribution in [0.1, 0.15) is 63.5 Å². The molecule has 4 rings (SSSR count). The molecular weight excluding hydrogens is 568 g/mol. The van der Waals surface area contributed by atoms with E-state index in [-0.39, 0.29) is 18.4 Å². The van der Waals surface area contributed by atoms with Gasteiger partial charge in [-0.25, -0.2) is 8.78 Å². The lowest BCUT2D eigenvalue weighted by Crippen LogP contribution is -2.57. The SMILES string of the molecule is CCCO[C@H]1CN[C@@H]([C@@H](O)[C@H](Cc2cc(F)cc(F)c2)NC(=O)[C@H](CCc2ccccc2)N2CC[C@H]([C@H](O)CCC)C2=O)C1. The number of carbonyl (C=O) groups is 2. The van der Waals surface area contributed by atoms with Crippen molar-refractivity contribution >= 4 is 11.8 Å². The minimum absolute atomic E-state index is 0.0164. The average Bonchev–Trinajstić information content (AvgIpc) is 3.62. The van der Waals surface area contributed by atoms with Crippen LogP contribution in [0.5, 0.6) is 0 Å². The number of aliphatic hydroxyl groups is 2. The Morgan fingerprint density at radius 1 is 1.07 bits per heavy atom. The van der Waals surface area contributed by atoms with E-state index in [1.165, 1.54) is 12.1 Å². The van der Waals surface area contributed by atoms with Gasteiger partial charge in [0.2, 0.25) is 11.8 Å². The van der Waals surface area contributed by atoms with Gasteiger partial charge in [-0.3, -0.25) is 9.59 Å². The Hall–Kier alpha value is -2.92. The van der Waals surface area contributed by atoms with Gasteiger partial charge in [-0.15, -0.1) is 0 Å². The molecule has 0 aliphatic carbocycles. The Bertz CT molecular complexity index is 1200. The molecule has 0 radical (unpaired) electrons. The lowest BCUT2D eigenvalue weighted by molar-refractivity contribution is -0.142. The maximum atomic E-state index is 14.1. The Balaban J connectivity index is 1.56. The summed E-state index contributed by atoms with van der Waals surface area (Å²) in [4.78, 5) is 29.2. The van der Waals surface area contributed by atoms with Crippen molar-refractivity contribution in [1.82, 2.24) is 15.5 Å². The summed E-state index contributed by atoms with van der Waals surface area (Å²) in [6, 6.07) is 10.7. The maximum Gasteiger partial charge on any atom is 0.243 e. The minimum atomic E-state index is -1.09. The predicted molar refractivity (Wildman–Crippen MR) is 164 cm³/mol. The number of benzene rings is 2. The van der Waals surface area contributed by atoms with E-state index >= 15 is 0 Å². The fraction of sp³-hybridized carbons (Fsp3) is 0.588. The van der Waals surface area contributed by atoms with Crippen LogP contribution in [-0.2, 0) is 27.2 Å². The molecule has 2 aliphatic heterocycles. The summed E-state index contributed by atoms with van der Waals surface area (Å²) in [5, 5.41) is 28.4. The van der Waals surface area contributed by atoms with Gasteiger partial charge < -0.3 is 30.5 Å². The zero-order chi connectivity index (χ0) is 31.6. The van der Waals surface area contributed by atoms with Crippen molar-refractivity contribution in [3.05, 3.63) is 71.3 Å². The lowest BCUT2D eigenvalue weighted by atomic mass is 9.94. The molecule has 10 heteroatoms. The van der Waals surface area contributed by atoms with E-state index in [1.54, 1.807) is 4.90 Å². The smallest absolute Gasteiger partial charge is 0.243 e. The highest BCUT2D eigenvalue weighted by Gasteiger charge is 2.43. The van der Waals surface area contributed by atoms with Gasteiger partial charge >= 0.3 is 0 Å². The third-order valence-corrected chi connectivity index (χ3v) is 8.77. The quantitative estimate of drug-likeness (QED) is 0.230. The van der Waals surface area contributed by atoms with Gasteiger partial charge in [-0.1, -0.05) is 50.6 Å². The first-order chi connectivity index (χ1) is 21.2. The molecule has 2 heterocycles. The van der Waals surface area contributed by atoms with Crippen LogP contribution >= 0.6 is 0 Å². The fourth-order valence-electron chi connectivity index (χ4n) is 6.47. The summed E-state index contributed by atoms with van der Waals surface area (Å²) < 4.78 is 34.1. The number of aryl methyl sites for hydroxylation is 1. The van der Waals surface area contributed by atoms with E-state index < -0.39 is 53.8 Å². The number of hydrogen-bond donors (Lipinski definition) is 4. The van der Waals surface area contributed by atoms with Crippen molar-refractivity contribution in [2.75, 3.05) is 19.7 Å². The number of halogens is 2. The largest absolute Gasteiger partial charge is 0.392 e. The van der Waals surface area contributed by atoms with E-state index in [0.717, 1.165) is 24.5 Å². The molecule has 0 bridgehead atoms. The van der Waals surface area contributed by atoms with Crippen molar-refractivity contribution in [1.29, 1.82) is 0 Å². The van der Waals surface area contributed by atoms with Crippen LogP contribution in [0.2, 0.25) is 0 Å². The van der Waals surface area contributed by atoms with Gasteiger partial charge in [0, 0.05) is 31.8 Å². The predicted octanol–water partition coefficient (Wildman–Crippen LogP) is 3.52. The van der Waals surface area contributed by atoms with Gasteiger partial charge in [0.05, 0.1) is 30.3 Å². The number of rotatable bonds is 16. The molecule has 2 aromatic carbocycles. The van der Waals surface area contributed by atoms with E-state index in [4.69, 9.17) is 4.74 Å². The molecule has 4 N–H and O–H groups in total. The second-order valence-corrected chi connectivity index (χ2v) is 12.2. The maximum absolute atomic E-state index is 14.1. The Labute approximate surface area is 259 Å². The van der Waals surface area contributed by atoms with E-state index in [1.807, 2.05) is 44.2 Å². The number of carbonyl (C=O) groups excluding carboxylic acids is 2. The summed E-state index contributed by atoms with van der Waals surface area (Å²) in [7, 11) is 0. The summed E-state index contributed by atoms with van der Waals surface area (Å²) in [5.74, 6) is -2.76. The van der Waals surface area contributed by atoms with Crippen LogP contribution < -0.4 is 10.6 Å². The molecule has 8 nitrogen and oxygen atoms in total. The second kappa shape index (κ2) is 16.4. The Morgan fingerprint density at radius 3 is 2.48 bits per heavy atom. The topological polar surface area (TPSA) is 111 Å². The van der Waals surface area contributed by atoms with Crippen LogP contribution in [0.25, 0.3) is 0 Å². The molecular formula is C34H47F2N3O5. The lowest BCUT2D eigenvalue weighted by Gasteiger charge is -2.33. The standard InChI is InChI=1S/C34H47F2N3O5/c1-3-8-31(40)27-13-14-39(34(27)43)30(12-11-22-9-6-5-7-10-22)33(42)38-29(18-23-16-24(35)19-25(36)17-23)32(41)28-20-26(21-37-28)44-15-4-2/h5-7,9-10,16-17,19,26-32,37,40-41H,3-4,8,11-15,18,20-21H2,1-2H3,(H,38,42)/t26-,27-,28-,29+,30+,31-,32-/m1/s1. The first-order valence-electron chi connectivity index (χ1n) is 16.0. The van der Waals surface area contributed by atoms with Crippen LogP contribution in [0.3, 0.4) is 0 Å². The van der Waals surface area contributed by atoms with Crippen LogP contribution in [-0.4, -0.2) is 83.1 Å². The molecule has 0 unspecified atom stereocenters. The van der Waals surface area contributed by atoms with E-state index in [9.17, 15) is 28.6 Å². The molecule has 2 saturated heterocycles. The number of amides is 2. The summed E-state index contributed by atoms with van der Waals surface area (Å²) in [6.45, 7) is 5.44. The van der Waals surface area contributed by atoms with Crippen molar-refractivity contribution in [2.45, 2.75) is 102 Å². The van der Waals surface area contributed by atoms with Crippen molar-refractivity contribution < 1.29 is 33.3 Å². The number of ether oxygens (including phenoxy) is 1. The number of hydrogen-bond acceptors (Lipinski definition) is 6. The molecule has 44 heavy (non-hydrogen) atoms. The highest BCUT2D eigenvalue weighted by atomic mass is 19.1. The zero-order valence-electron chi connectivity index (χ0n) is 25.8. The molecule has 7 atom stereocenters. The zero-order valence-corrected chi connectivity index (χ0v) is 25.8. The third kappa shape index (κ3) is 9.06. The fourth-order valence-corrected chi connectivity index (χ4v) is 6.47. The van der Waals surface area contributed by atoms with Crippen molar-refractivity contribution in [3.8, 4) is 0 Å². The molecule has 2 aromatic rings. The monoisotopic (exact) mass is 615 g/mol. The molecule has 0 spiro atoms. The highest BCUT2D eigenvalue weighted by Crippen LogP contribution is 2.28. The summed E-state index contributed by atoms with van der Waals surface area (Å²) in [5.41, 5.74) is 1.31. The number of aliphatic hydroxyl groups excluding tert-OH is 2. The summed E-state index contributed by atoms with van der Waals surface area (Å²) in [6.07, 6.45) is 1.97. The van der Waals surface area contributed by atoms with Gasteiger partial charge in [0.15, 0.2) is 0 Å². The molecule has 2 amide bonds. The third-order valence-electron chi connectivity index (χ3n) is 8.77. The van der Waals surface area contributed by atoms with Crippen molar-refractivity contribution in [2.24, 2.45) is 5.92 Å². The number of nitrogens with zero attached hydrogens (tertiary/aromatic N) is 1. The van der Waals surface area contributed by atoms with Crippen molar-refractivity contribution in [3.63, 3.8) is 0 Å². The van der Waals surface area contributed by atoms with Gasteiger partial charge in [0.25, 0.3) is 0 Å². The Kier molecular flexibility index (Phi) is 12.7. The number of nitrogens with one attached hydrogen (secondary N) is 2. The number of likely N-dealkylation sites (tertiary alicyclic amines) is 1. The van der Waals surface area contributed by atoms with E-state index in [2.05, 4.69) is 10.6 Å². The van der Waals surface area contributed by atoms with Crippen LogP contribution in [0, 0.1) is 17.6 Å². The molecule has 0 saturated carbocycles. The van der Waals surface area contributed by atoms with Crippen LogP contribution in [0.15, 0.2) is 48.5 Å². The minimum Gasteiger partial charge on any atom is -0.392 e. The first kappa shape index (κ1) is 34.0. The Morgan fingerprint density at radius 2 is 1.80 bits per heavy atom. The highest BCUT2D eigenvalue weighted by molar-refractivity contribution is 5.90. The molecule has 2 aliphatic rings. The second-order valence-electron chi connectivity index (χ2n) is 12.2. The van der Waals surface area contributed by atoms with Crippen LogP contribution in [0.4, 0.5) is 8.78 Å². The normalized spacial score (nSPS) is 23.0. The molecule has 242 valence electrons. The molecule has 2 fully saturated rings. The van der Waals surface area contributed by atoms with E-state index in [0.29, 0.717) is 57.4 Å². The average molecular weight is 616 g/mol.